The second-order valence-corrected chi connectivity index (χ2v) is 7.35. The summed E-state index contributed by atoms with van der Waals surface area (Å²) in [6.07, 6.45) is 1.16. The van der Waals surface area contributed by atoms with Gasteiger partial charge in [0.25, 0.3) is 0 Å². The Balaban J connectivity index is 1.73. The molecule has 1 atom stereocenters. The van der Waals surface area contributed by atoms with Crippen molar-refractivity contribution in [3.8, 4) is 0 Å². The topological polar surface area (TPSA) is 66.9 Å². The second kappa shape index (κ2) is 7.56. The lowest BCUT2D eigenvalue weighted by Crippen LogP contribution is -2.22. The molecule has 0 fully saturated rings. The smallest absolute Gasteiger partial charge is 0.229 e. The first kappa shape index (κ1) is 18.4. The van der Waals surface area contributed by atoms with Crippen molar-refractivity contribution >= 4 is 40.5 Å². The van der Waals surface area contributed by atoms with E-state index in [1.54, 1.807) is 24.3 Å². The summed E-state index contributed by atoms with van der Waals surface area (Å²) in [4.78, 5) is 21.7. The molecule has 0 amide bonds. The van der Waals surface area contributed by atoms with Crippen LogP contribution in [0.3, 0.4) is 0 Å². The second-order valence-electron chi connectivity index (χ2n) is 6.92. The summed E-state index contributed by atoms with van der Waals surface area (Å²) in [7, 11) is 0. The van der Waals surface area contributed by atoms with Crippen LogP contribution in [0.1, 0.15) is 29.4 Å². The molecule has 0 bridgehead atoms. The van der Waals surface area contributed by atoms with Crippen molar-refractivity contribution in [2.45, 2.75) is 19.8 Å². The summed E-state index contributed by atoms with van der Waals surface area (Å²) in [5.41, 5.74) is 2.66. The zero-order chi connectivity index (χ0) is 19.7. The van der Waals surface area contributed by atoms with Gasteiger partial charge in [-0.25, -0.2) is 9.37 Å². The Bertz CT molecular complexity index is 1020. The fraction of sp³-hybridized carbons (Fsp3) is 0.190. The molecule has 1 aliphatic carbocycles. The van der Waals surface area contributed by atoms with E-state index in [9.17, 15) is 9.18 Å². The van der Waals surface area contributed by atoms with Crippen molar-refractivity contribution in [3.05, 3.63) is 70.6 Å². The highest BCUT2D eigenvalue weighted by atomic mass is 35.5. The third-order valence-corrected chi connectivity index (χ3v) is 4.80. The standard InChI is InChI=1S/C21H18ClFN4O/c1-12-10-17-19(18(28)11-12)20(24-15-6-2-13(22)3-7-15)27-21(26-17)25-16-8-4-14(23)5-9-16/h2-9,12H,10-11H2,1H3,(H2,24,25,26,27). The van der Waals surface area contributed by atoms with E-state index in [4.69, 9.17) is 11.6 Å². The fourth-order valence-corrected chi connectivity index (χ4v) is 3.37. The van der Waals surface area contributed by atoms with Crippen molar-refractivity contribution < 1.29 is 9.18 Å². The highest BCUT2D eigenvalue weighted by molar-refractivity contribution is 6.30. The van der Waals surface area contributed by atoms with Crippen LogP contribution in [-0.4, -0.2) is 15.8 Å². The van der Waals surface area contributed by atoms with Gasteiger partial charge < -0.3 is 10.6 Å². The third kappa shape index (κ3) is 3.97. The van der Waals surface area contributed by atoms with Gasteiger partial charge in [-0.2, -0.15) is 4.98 Å². The van der Waals surface area contributed by atoms with Crippen LogP contribution >= 0.6 is 11.6 Å². The molecule has 7 heteroatoms. The lowest BCUT2D eigenvalue weighted by Gasteiger charge is -2.23. The van der Waals surface area contributed by atoms with E-state index in [-0.39, 0.29) is 17.5 Å². The first-order chi connectivity index (χ1) is 13.5. The monoisotopic (exact) mass is 396 g/mol. The van der Waals surface area contributed by atoms with Crippen molar-refractivity contribution in [2.24, 2.45) is 5.92 Å². The molecule has 28 heavy (non-hydrogen) atoms. The number of carbonyl (C=O) groups is 1. The number of rotatable bonds is 4. The van der Waals surface area contributed by atoms with Gasteiger partial charge in [0.05, 0.1) is 11.3 Å². The molecule has 1 aliphatic rings. The predicted octanol–water partition coefficient (Wildman–Crippen LogP) is 5.52. The SMILES string of the molecule is CC1CC(=O)c2c(nc(Nc3ccc(F)cc3)nc2Nc2ccc(Cl)cc2)C1. The van der Waals surface area contributed by atoms with Crippen molar-refractivity contribution in [1.82, 2.24) is 9.97 Å². The predicted molar refractivity (Wildman–Crippen MR) is 108 cm³/mol. The highest BCUT2D eigenvalue weighted by Crippen LogP contribution is 2.32. The molecule has 142 valence electrons. The molecular formula is C21H18ClFN4O. The van der Waals surface area contributed by atoms with E-state index in [0.29, 0.717) is 46.6 Å². The molecule has 0 saturated heterocycles. The Hall–Kier alpha value is -2.99. The zero-order valence-corrected chi connectivity index (χ0v) is 15.9. The molecule has 1 aromatic heterocycles. The summed E-state index contributed by atoms with van der Waals surface area (Å²) < 4.78 is 13.2. The van der Waals surface area contributed by atoms with E-state index in [0.717, 1.165) is 5.69 Å². The quantitative estimate of drug-likeness (QED) is 0.607. The Kier molecular flexibility index (Phi) is 4.96. The lowest BCUT2D eigenvalue weighted by atomic mass is 9.87. The van der Waals surface area contributed by atoms with E-state index in [2.05, 4.69) is 20.6 Å². The zero-order valence-electron chi connectivity index (χ0n) is 15.2. The molecular weight excluding hydrogens is 379 g/mol. The molecule has 5 nitrogen and oxygen atoms in total. The highest BCUT2D eigenvalue weighted by Gasteiger charge is 2.28. The summed E-state index contributed by atoms with van der Waals surface area (Å²) in [5, 5.41) is 6.92. The number of anilines is 4. The third-order valence-electron chi connectivity index (χ3n) is 4.55. The molecule has 4 rings (SSSR count). The van der Waals surface area contributed by atoms with Crippen LogP contribution in [0, 0.1) is 11.7 Å². The minimum Gasteiger partial charge on any atom is -0.339 e. The minimum absolute atomic E-state index is 0.0264. The van der Waals surface area contributed by atoms with E-state index >= 15 is 0 Å². The Morgan fingerprint density at radius 3 is 2.32 bits per heavy atom. The van der Waals surface area contributed by atoms with Gasteiger partial charge in [0.2, 0.25) is 5.95 Å². The largest absolute Gasteiger partial charge is 0.339 e. The van der Waals surface area contributed by atoms with Crippen LogP contribution in [0.15, 0.2) is 48.5 Å². The number of nitrogens with one attached hydrogen (secondary N) is 2. The average molecular weight is 397 g/mol. The summed E-state index contributed by atoms with van der Waals surface area (Å²) >= 11 is 5.95. The maximum atomic E-state index is 13.2. The van der Waals surface area contributed by atoms with Crippen LogP contribution in [0.2, 0.25) is 5.02 Å². The summed E-state index contributed by atoms with van der Waals surface area (Å²) in [5.74, 6) is 0.731. The molecule has 2 N–H and O–H groups in total. The molecule has 1 unspecified atom stereocenters. The normalized spacial score (nSPS) is 15.8. The number of aromatic nitrogens is 2. The molecule has 2 aromatic carbocycles. The fourth-order valence-electron chi connectivity index (χ4n) is 3.25. The number of carbonyl (C=O) groups excluding carboxylic acids is 1. The van der Waals surface area contributed by atoms with Crippen molar-refractivity contribution in [1.29, 1.82) is 0 Å². The van der Waals surface area contributed by atoms with Crippen molar-refractivity contribution in [2.75, 3.05) is 10.6 Å². The van der Waals surface area contributed by atoms with Crippen LogP contribution in [0.25, 0.3) is 0 Å². The van der Waals surface area contributed by atoms with Gasteiger partial charge >= 0.3 is 0 Å². The molecule has 0 spiro atoms. The number of ketones is 1. The number of halogens is 2. The van der Waals surface area contributed by atoms with Gasteiger partial charge in [0, 0.05) is 22.8 Å². The number of fused-ring (bicyclic) bond motifs is 1. The Labute approximate surface area is 167 Å². The molecule has 0 aliphatic heterocycles. The van der Waals surface area contributed by atoms with Gasteiger partial charge in [0.1, 0.15) is 11.6 Å². The number of hydrogen-bond donors (Lipinski definition) is 2. The average Bonchev–Trinajstić information content (AvgIpc) is 2.65. The van der Waals surface area contributed by atoms with Crippen LogP contribution < -0.4 is 10.6 Å². The first-order valence-corrected chi connectivity index (χ1v) is 9.35. The van der Waals surface area contributed by atoms with Crippen LogP contribution in [0.5, 0.6) is 0 Å². The van der Waals surface area contributed by atoms with E-state index in [1.165, 1.54) is 12.1 Å². The van der Waals surface area contributed by atoms with Crippen LogP contribution in [-0.2, 0) is 6.42 Å². The van der Waals surface area contributed by atoms with Crippen LogP contribution in [0.4, 0.5) is 27.5 Å². The molecule has 1 heterocycles. The van der Waals surface area contributed by atoms with E-state index < -0.39 is 0 Å². The summed E-state index contributed by atoms with van der Waals surface area (Å²) in [6.45, 7) is 2.03. The Morgan fingerprint density at radius 2 is 1.61 bits per heavy atom. The van der Waals surface area contributed by atoms with Crippen molar-refractivity contribution in [3.63, 3.8) is 0 Å². The van der Waals surface area contributed by atoms with Gasteiger partial charge in [-0.05, 0) is 60.9 Å². The molecule has 0 radical (unpaired) electrons. The molecule has 3 aromatic rings. The summed E-state index contributed by atoms with van der Waals surface area (Å²) in [6, 6.07) is 13.1. The van der Waals surface area contributed by atoms with Gasteiger partial charge in [-0.3, -0.25) is 4.79 Å². The van der Waals surface area contributed by atoms with Gasteiger partial charge in [-0.1, -0.05) is 18.5 Å². The number of Topliss-reactive ketones (excluding diaryl/α,β-unsaturated/α-hetero) is 1. The lowest BCUT2D eigenvalue weighted by molar-refractivity contribution is 0.0953. The minimum atomic E-state index is -0.318. The van der Waals surface area contributed by atoms with E-state index in [1.807, 2.05) is 19.1 Å². The maximum Gasteiger partial charge on any atom is 0.229 e. The number of nitrogens with zero attached hydrogens (tertiary/aromatic N) is 2. The number of benzene rings is 2. The van der Waals surface area contributed by atoms with Gasteiger partial charge in [-0.15, -0.1) is 0 Å². The van der Waals surface area contributed by atoms with Gasteiger partial charge in [0.15, 0.2) is 5.78 Å². The maximum absolute atomic E-state index is 13.2. The number of hydrogen-bond acceptors (Lipinski definition) is 5. The Morgan fingerprint density at radius 1 is 0.964 bits per heavy atom. The first-order valence-electron chi connectivity index (χ1n) is 8.97. The molecule has 0 saturated carbocycles.